The molecule has 1 fully saturated rings. The minimum Gasteiger partial charge on any atom is -0.481 e. The minimum absolute atomic E-state index is 0.0254. The summed E-state index contributed by atoms with van der Waals surface area (Å²) in [6.07, 6.45) is 5.00. The van der Waals surface area contributed by atoms with E-state index in [9.17, 15) is 9.59 Å². The molecule has 0 bridgehead atoms. The molecule has 0 aromatic rings. The number of ether oxygens (including phenoxy) is 1. The molecule has 94 valence electrons. The first-order valence-electron chi connectivity index (χ1n) is 5.37. The number of hydrogen-bond acceptors (Lipinski definition) is 4. The highest BCUT2D eigenvalue weighted by Crippen LogP contribution is 2.09. The Bertz CT molecular complexity index is 324. The summed E-state index contributed by atoms with van der Waals surface area (Å²) in [6.45, 7) is 1.75. The number of hydrogen-bond donors (Lipinski definition) is 2. The lowest BCUT2D eigenvalue weighted by Gasteiger charge is -2.34. The maximum atomic E-state index is 11.5. The van der Waals surface area contributed by atoms with Gasteiger partial charge in [0.05, 0.1) is 32.7 Å². The summed E-state index contributed by atoms with van der Waals surface area (Å²) in [5.41, 5.74) is 0. The predicted molar refractivity (Wildman–Crippen MR) is 60.3 cm³/mol. The fraction of sp³-hybridized carbons (Fsp3) is 0.636. The van der Waals surface area contributed by atoms with Crippen LogP contribution in [0.3, 0.4) is 0 Å². The van der Waals surface area contributed by atoms with Gasteiger partial charge in [0.25, 0.3) is 0 Å². The van der Waals surface area contributed by atoms with Gasteiger partial charge >= 0.3 is 5.97 Å². The fourth-order valence-corrected chi connectivity index (χ4v) is 1.68. The van der Waals surface area contributed by atoms with Crippen molar-refractivity contribution in [3.05, 3.63) is 0 Å². The molecule has 0 saturated carbocycles. The first-order chi connectivity index (χ1) is 8.13. The Labute approximate surface area is 99.9 Å². The second-order valence-corrected chi connectivity index (χ2v) is 3.78. The van der Waals surface area contributed by atoms with Crippen molar-refractivity contribution in [3.8, 4) is 12.3 Å². The van der Waals surface area contributed by atoms with E-state index in [-0.39, 0.29) is 31.5 Å². The van der Waals surface area contributed by atoms with Crippen molar-refractivity contribution in [1.82, 2.24) is 10.2 Å². The third-order valence-electron chi connectivity index (χ3n) is 2.49. The predicted octanol–water partition coefficient (Wildman–Crippen LogP) is -1.09. The molecule has 1 atom stereocenters. The number of nitrogens with zero attached hydrogens (tertiary/aromatic N) is 1. The topological polar surface area (TPSA) is 78.9 Å². The zero-order valence-electron chi connectivity index (χ0n) is 9.52. The van der Waals surface area contributed by atoms with E-state index in [2.05, 4.69) is 11.2 Å². The van der Waals surface area contributed by atoms with Crippen molar-refractivity contribution in [2.24, 2.45) is 0 Å². The molecule has 1 aliphatic rings. The molecule has 0 spiro atoms. The summed E-state index contributed by atoms with van der Waals surface area (Å²) in [5, 5.41) is 11.3. The highest BCUT2D eigenvalue weighted by molar-refractivity contribution is 5.78. The number of nitrogens with one attached hydrogen (secondary N) is 1. The van der Waals surface area contributed by atoms with Crippen LogP contribution in [0.1, 0.15) is 6.42 Å². The van der Waals surface area contributed by atoms with Gasteiger partial charge in [-0.2, -0.15) is 0 Å². The van der Waals surface area contributed by atoms with E-state index in [4.69, 9.17) is 16.3 Å². The number of aliphatic carboxylic acids is 1. The number of carboxylic acid groups (broad SMARTS) is 1. The van der Waals surface area contributed by atoms with Gasteiger partial charge < -0.3 is 15.2 Å². The zero-order chi connectivity index (χ0) is 12.7. The Kier molecular flexibility index (Phi) is 5.46. The van der Waals surface area contributed by atoms with Crippen LogP contribution >= 0.6 is 0 Å². The molecule has 1 saturated heterocycles. The quantitative estimate of drug-likeness (QED) is 0.597. The molecule has 17 heavy (non-hydrogen) atoms. The van der Waals surface area contributed by atoms with Gasteiger partial charge in [0.1, 0.15) is 0 Å². The molecular weight excluding hydrogens is 224 g/mol. The van der Waals surface area contributed by atoms with Gasteiger partial charge in [-0.05, 0) is 0 Å². The van der Waals surface area contributed by atoms with Crippen LogP contribution in [0.5, 0.6) is 0 Å². The average molecular weight is 240 g/mol. The lowest BCUT2D eigenvalue weighted by Crippen LogP contribution is -2.50. The first kappa shape index (κ1) is 13.5. The summed E-state index contributed by atoms with van der Waals surface area (Å²) in [5.74, 6) is 1.22. The lowest BCUT2D eigenvalue weighted by atomic mass is 10.1. The summed E-state index contributed by atoms with van der Waals surface area (Å²) >= 11 is 0. The van der Waals surface area contributed by atoms with E-state index in [1.807, 2.05) is 4.90 Å². The van der Waals surface area contributed by atoms with E-state index in [0.717, 1.165) is 0 Å². The second-order valence-electron chi connectivity index (χ2n) is 3.78. The molecule has 2 N–H and O–H groups in total. The molecule has 1 unspecified atom stereocenters. The first-order valence-corrected chi connectivity index (χ1v) is 5.37. The Hall–Kier alpha value is -1.58. The normalized spacial score (nSPS) is 20.5. The zero-order valence-corrected chi connectivity index (χ0v) is 9.52. The van der Waals surface area contributed by atoms with Crippen LogP contribution in [0.2, 0.25) is 0 Å². The maximum absolute atomic E-state index is 11.5. The number of terminal acetylenes is 1. The maximum Gasteiger partial charge on any atom is 0.305 e. The average Bonchev–Trinajstić information content (AvgIpc) is 2.28. The van der Waals surface area contributed by atoms with E-state index in [1.54, 1.807) is 0 Å². The molecule has 0 aromatic carbocycles. The molecular formula is C11H16N2O4. The third kappa shape index (κ3) is 4.85. The number of carbonyl (C=O) groups is 2. The number of rotatable bonds is 5. The van der Waals surface area contributed by atoms with Crippen LogP contribution in [0.15, 0.2) is 0 Å². The van der Waals surface area contributed by atoms with Crippen molar-refractivity contribution in [2.75, 3.05) is 32.8 Å². The third-order valence-corrected chi connectivity index (χ3v) is 2.49. The fourth-order valence-electron chi connectivity index (χ4n) is 1.68. The van der Waals surface area contributed by atoms with Crippen molar-refractivity contribution in [3.63, 3.8) is 0 Å². The van der Waals surface area contributed by atoms with E-state index in [0.29, 0.717) is 19.8 Å². The van der Waals surface area contributed by atoms with E-state index >= 15 is 0 Å². The van der Waals surface area contributed by atoms with Gasteiger partial charge in [-0.15, -0.1) is 6.42 Å². The van der Waals surface area contributed by atoms with Crippen LogP contribution in [-0.4, -0.2) is 60.8 Å². The summed E-state index contributed by atoms with van der Waals surface area (Å²) in [7, 11) is 0. The van der Waals surface area contributed by atoms with Gasteiger partial charge in [-0.25, -0.2) is 0 Å². The molecule has 0 aromatic heterocycles. The molecule has 1 heterocycles. The number of carboxylic acids is 1. The second kappa shape index (κ2) is 6.89. The van der Waals surface area contributed by atoms with Gasteiger partial charge in [-0.3, -0.25) is 14.5 Å². The van der Waals surface area contributed by atoms with Crippen LogP contribution in [0.4, 0.5) is 0 Å². The van der Waals surface area contributed by atoms with E-state index < -0.39 is 5.97 Å². The monoisotopic (exact) mass is 240 g/mol. The van der Waals surface area contributed by atoms with Crippen LogP contribution < -0.4 is 5.32 Å². The highest BCUT2D eigenvalue weighted by Gasteiger charge is 2.26. The Morgan fingerprint density at radius 3 is 3.00 bits per heavy atom. The van der Waals surface area contributed by atoms with Crippen LogP contribution in [0, 0.1) is 12.3 Å². The van der Waals surface area contributed by atoms with Gasteiger partial charge in [-0.1, -0.05) is 5.92 Å². The summed E-state index contributed by atoms with van der Waals surface area (Å²) < 4.78 is 5.21. The molecule has 1 aliphatic heterocycles. The van der Waals surface area contributed by atoms with Crippen LogP contribution in [-0.2, 0) is 14.3 Å². The Balaban J connectivity index is 2.45. The molecule has 0 aliphatic carbocycles. The van der Waals surface area contributed by atoms with Crippen LogP contribution in [0.25, 0.3) is 0 Å². The smallest absolute Gasteiger partial charge is 0.305 e. The number of amides is 1. The van der Waals surface area contributed by atoms with Crippen molar-refractivity contribution < 1.29 is 19.4 Å². The minimum atomic E-state index is -0.894. The van der Waals surface area contributed by atoms with Gasteiger partial charge in [0, 0.05) is 12.6 Å². The lowest BCUT2D eigenvalue weighted by molar-refractivity contribution is -0.141. The number of morpholine rings is 1. The van der Waals surface area contributed by atoms with Gasteiger partial charge in [0.15, 0.2) is 0 Å². The largest absolute Gasteiger partial charge is 0.481 e. The van der Waals surface area contributed by atoms with Gasteiger partial charge in [0.2, 0.25) is 5.91 Å². The molecule has 1 rings (SSSR count). The SMILES string of the molecule is C#CCNC(=O)CN1CCOCC1CC(=O)O. The Morgan fingerprint density at radius 2 is 2.35 bits per heavy atom. The molecule has 1 amide bonds. The Morgan fingerprint density at radius 1 is 1.59 bits per heavy atom. The van der Waals surface area contributed by atoms with E-state index in [1.165, 1.54) is 0 Å². The number of carbonyl (C=O) groups excluding carboxylic acids is 1. The molecule has 6 nitrogen and oxygen atoms in total. The van der Waals surface area contributed by atoms with Crippen molar-refractivity contribution in [2.45, 2.75) is 12.5 Å². The standard InChI is InChI=1S/C11H16N2O4/c1-2-3-12-10(14)7-13-4-5-17-8-9(13)6-11(15)16/h1,9H,3-8H2,(H,12,14)(H,15,16). The summed E-state index contributed by atoms with van der Waals surface area (Å²) in [6, 6.07) is -0.252. The summed E-state index contributed by atoms with van der Waals surface area (Å²) in [4.78, 5) is 23.9. The molecule has 6 heteroatoms. The molecule has 0 radical (unpaired) electrons. The van der Waals surface area contributed by atoms with Crippen molar-refractivity contribution >= 4 is 11.9 Å². The van der Waals surface area contributed by atoms with Crippen molar-refractivity contribution in [1.29, 1.82) is 0 Å². The highest BCUT2D eigenvalue weighted by atomic mass is 16.5.